The summed E-state index contributed by atoms with van der Waals surface area (Å²) in [5, 5.41) is 3.08. The van der Waals surface area contributed by atoms with Gasteiger partial charge in [0, 0.05) is 50.3 Å². The number of nitrogens with two attached hydrogens (primary N) is 1. The number of fused-ring (bicyclic) bond motifs is 1. The molecule has 1 saturated carbocycles. The highest BCUT2D eigenvalue weighted by Gasteiger charge is 2.39. The van der Waals surface area contributed by atoms with Gasteiger partial charge < -0.3 is 30.4 Å². The molecule has 6 rings (SSSR count). The summed E-state index contributed by atoms with van der Waals surface area (Å²) in [6, 6.07) is 5.93. The molecule has 0 bridgehead atoms. The molecular weight excluding hydrogens is 736 g/mol. The number of rotatable bonds is 10. The average Bonchev–Trinajstić information content (AvgIpc) is 3.85. The quantitative estimate of drug-likeness (QED) is 0.199. The Balaban J connectivity index is 1.29. The fourth-order valence-corrected chi connectivity index (χ4v) is 9.33. The van der Waals surface area contributed by atoms with Crippen molar-refractivity contribution in [3.63, 3.8) is 0 Å². The van der Waals surface area contributed by atoms with Crippen LogP contribution in [0.25, 0.3) is 10.6 Å². The van der Waals surface area contributed by atoms with Crippen LogP contribution in [0.1, 0.15) is 73.2 Å². The number of ether oxygens (including phenoxy) is 1. The van der Waals surface area contributed by atoms with Crippen LogP contribution in [-0.4, -0.2) is 103 Å². The number of carbonyl (C=O) groups is 3. The molecule has 0 radical (unpaired) electrons. The normalized spacial score (nSPS) is 19.1. The summed E-state index contributed by atoms with van der Waals surface area (Å²) in [6.45, 7) is 6.88. The number of nitrogens with zero attached hydrogens (tertiary/aromatic N) is 5. The molecule has 1 unspecified atom stereocenters. The van der Waals surface area contributed by atoms with E-state index in [1.165, 1.54) is 9.80 Å². The Labute approximate surface area is 309 Å². The van der Waals surface area contributed by atoms with E-state index >= 15 is 0 Å². The van der Waals surface area contributed by atoms with Crippen LogP contribution in [-0.2, 0) is 25.5 Å². The fourth-order valence-electron chi connectivity index (χ4n) is 6.38. The van der Waals surface area contributed by atoms with Gasteiger partial charge in [0.2, 0.25) is 5.95 Å². The van der Waals surface area contributed by atoms with Crippen molar-refractivity contribution in [3.05, 3.63) is 46.5 Å². The predicted octanol–water partition coefficient (Wildman–Crippen LogP) is 5.44. The lowest BCUT2D eigenvalue weighted by atomic mass is 10.1. The van der Waals surface area contributed by atoms with Gasteiger partial charge in [0.1, 0.15) is 28.4 Å². The van der Waals surface area contributed by atoms with Crippen LogP contribution in [0.15, 0.2) is 35.4 Å². The number of anilines is 3. The Morgan fingerprint density at radius 3 is 2.55 bits per heavy atom. The molecule has 13 nitrogen and oxygen atoms in total. The summed E-state index contributed by atoms with van der Waals surface area (Å²) in [4.78, 5) is 50.7. The highest BCUT2D eigenvalue weighted by Crippen LogP contribution is 2.46. The molecule has 286 valence electrons. The third-order valence-electron chi connectivity index (χ3n) is 9.22. The highest BCUT2D eigenvalue weighted by molar-refractivity contribution is 7.91. The Bertz CT molecular complexity index is 2000. The Hall–Kier alpha value is -4.29. The number of unbranched alkanes of at least 4 members (excludes halogenated alkanes) is 1. The molecular formula is C35H42F3N7O6S2. The molecule has 2 amide bonds. The number of thiophene rings is 1. The number of hydrogen-bond acceptors (Lipinski definition) is 12. The maximum atomic E-state index is 14.3. The first-order chi connectivity index (χ1) is 25.0. The van der Waals surface area contributed by atoms with E-state index in [1.807, 2.05) is 17.0 Å². The first kappa shape index (κ1) is 38.4. The maximum absolute atomic E-state index is 14.3. The van der Waals surface area contributed by atoms with E-state index in [0.717, 1.165) is 36.4 Å². The average molecular weight is 778 g/mol. The van der Waals surface area contributed by atoms with Gasteiger partial charge >= 0.3 is 12.3 Å². The van der Waals surface area contributed by atoms with E-state index in [1.54, 1.807) is 26.8 Å². The summed E-state index contributed by atoms with van der Waals surface area (Å²) >= 11 is 0.667. The first-order valence-corrected chi connectivity index (χ1v) is 19.9. The number of sulfone groups is 1. The SMILES string of the molecule is CC(C)(C)OC(=O)N1CCN(c2ccc(Nc3ncc(C(F)(F)F)c(-c4cc5c(s4)C(=O)N(CCCCN)CCS5(=O)=O)n3)c(C3CC3)c2)CC1C=O. The van der Waals surface area contributed by atoms with E-state index in [0.29, 0.717) is 49.2 Å². The summed E-state index contributed by atoms with van der Waals surface area (Å²) in [5.41, 5.74) is 5.42. The number of alkyl halides is 3. The van der Waals surface area contributed by atoms with Crippen molar-refractivity contribution in [2.45, 2.75) is 75.1 Å². The molecule has 3 N–H and O–H groups in total. The van der Waals surface area contributed by atoms with Crippen molar-refractivity contribution in [3.8, 4) is 10.6 Å². The van der Waals surface area contributed by atoms with Crippen LogP contribution < -0.4 is 16.0 Å². The molecule has 4 heterocycles. The van der Waals surface area contributed by atoms with Gasteiger partial charge in [0.05, 0.1) is 21.2 Å². The summed E-state index contributed by atoms with van der Waals surface area (Å²) in [5.74, 6) is -0.887. The van der Waals surface area contributed by atoms with Crippen LogP contribution in [0.4, 0.5) is 35.3 Å². The number of benzene rings is 1. The first-order valence-electron chi connectivity index (χ1n) is 17.4. The van der Waals surface area contributed by atoms with Crippen LogP contribution >= 0.6 is 11.3 Å². The number of carbonyl (C=O) groups excluding carboxylic acids is 3. The van der Waals surface area contributed by atoms with Crippen LogP contribution in [0, 0.1) is 0 Å². The minimum atomic E-state index is -4.87. The topological polar surface area (TPSA) is 168 Å². The molecule has 1 saturated heterocycles. The van der Waals surface area contributed by atoms with Crippen LogP contribution in [0.2, 0.25) is 0 Å². The van der Waals surface area contributed by atoms with Crippen molar-refractivity contribution < 1.29 is 40.7 Å². The zero-order valence-corrected chi connectivity index (χ0v) is 31.2. The molecule has 1 atom stereocenters. The highest BCUT2D eigenvalue weighted by atomic mass is 32.2. The third kappa shape index (κ3) is 8.59. The maximum Gasteiger partial charge on any atom is 0.420 e. The van der Waals surface area contributed by atoms with E-state index in [4.69, 9.17) is 10.5 Å². The van der Waals surface area contributed by atoms with Gasteiger partial charge in [-0.1, -0.05) is 0 Å². The van der Waals surface area contributed by atoms with E-state index < -0.39 is 50.9 Å². The number of halogens is 3. The van der Waals surface area contributed by atoms with Gasteiger partial charge in [0.25, 0.3) is 5.91 Å². The lowest BCUT2D eigenvalue weighted by Gasteiger charge is -2.40. The molecule has 3 aromatic rings. The number of piperazine rings is 1. The van der Waals surface area contributed by atoms with Crippen molar-refractivity contribution in [1.82, 2.24) is 19.8 Å². The molecule has 0 spiro atoms. The number of nitrogens with one attached hydrogen (secondary N) is 1. The zero-order chi connectivity index (χ0) is 38.3. The number of aromatic nitrogens is 2. The van der Waals surface area contributed by atoms with Crippen molar-refractivity contribution >= 4 is 56.8 Å². The van der Waals surface area contributed by atoms with Crippen molar-refractivity contribution in [2.75, 3.05) is 55.2 Å². The Kier molecular flexibility index (Phi) is 10.8. The van der Waals surface area contributed by atoms with E-state index in [9.17, 15) is 36.0 Å². The number of aldehydes is 1. The third-order valence-corrected chi connectivity index (χ3v) is 12.2. The van der Waals surface area contributed by atoms with Crippen molar-refractivity contribution in [2.24, 2.45) is 5.73 Å². The Morgan fingerprint density at radius 1 is 1.13 bits per heavy atom. The summed E-state index contributed by atoms with van der Waals surface area (Å²) in [6.07, 6.45) is -1.08. The standard InChI is InChI=1S/C35H42F3N7O6S2/c1-34(2,3)51-33(48)45-13-12-44(19-23(45)20-46)22-8-9-26(24(16-22)21-6-7-21)41-32-40-18-25(35(36,37)38)29(42-32)27-17-28-30(52-27)31(47)43(11-5-4-10-39)14-15-53(28,49)50/h8-9,16-18,20-21,23H,4-7,10-15,19,39H2,1-3H3,(H,40,41,42). The van der Waals surface area contributed by atoms with E-state index in [-0.39, 0.29) is 58.4 Å². The number of hydrogen-bond donors (Lipinski definition) is 2. The van der Waals surface area contributed by atoms with Gasteiger partial charge in [-0.05, 0) is 88.7 Å². The summed E-state index contributed by atoms with van der Waals surface area (Å²) < 4.78 is 75.0. The molecule has 1 aromatic carbocycles. The van der Waals surface area contributed by atoms with Gasteiger partial charge in [-0.25, -0.2) is 23.2 Å². The monoisotopic (exact) mass is 777 g/mol. The molecule has 2 fully saturated rings. The van der Waals surface area contributed by atoms with Gasteiger partial charge in [-0.3, -0.25) is 9.69 Å². The second-order valence-corrected chi connectivity index (χ2v) is 17.5. The van der Waals surface area contributed by atoms with Gasteiger partial charge in [-0.2, -0.15) is 13.2 Å². The number of amides is 2. The molecule has 18 heteroatoms. The minimum Gasteiger partial charge on any atom is -0.444 e. The lowest BCUT2D eigenvalue weighted by molar-refractivity contribution is -0.137. The van der Waals surface area contributed by atoms with Gasteiger partial charge in [0.15, 0.2) is 9.84 Å². The van der Waals surface area contributed by atoms with Crippen molar-refractivity contribution in [1.29, 1.82) is 0 Å². The zero-order valence-electron chi connectivity index (χ0n) is 29.6. The largest absolute Gasteiger partial charge is 0.444 e. The van der Waals surface area contributed by atoms with Crippen LogP contribution in [0.5, 0.6) is 0 Å². The molecule has 53 heavy (non-hydrogen) atoms. The molecule has 2 aliphatic heterocycles. The summed E-state index contributed by atoms with van der Waals surface area (Å²) in [7, 11) is -3.98. The predicted molar refractivity (Wildman–Crippen MR) is 193 cm³/mol. The minimum absolute atomic E-state index is 0.0279. The second-order valence-electron chi connectivity index (χ2n) is 14.4. The smallest absolute Gasteiger partial charge is 0.420 e. The lowest BCUT2D eigenvalue weighted by Crippen LogP contribution is -2.57. The van der Waals surface area contributed by atoms with Gasteiger partial charge in [-0.15, -0.1) is 11.3 Å². The second kappa shape index (κ2) is 14.9. The fraction of sp³-hybridized carbons (Fsp3) is 0.514. The molecule has 2 aromatic heterocycles. The Morgan fingerprint density at radius 2 is 1.89 bits per heavy atom. The van der Waals surface area contributed by atoms with E-state index in [2.05, 4.69) is 15.3 Å². The van der Waals surface area contributed by atoms with Crippen LogP contribution in [0.3, 0.4) is 0 Å². The molecule has 1 aliphatic carbocycles. The molecule has 3 aliphatic rings.